The van der Waals surface area contributed by atoms with E-state index in [-0.39, 0.29) is 17.4 Å². The van der Waals surface area contributed by atoms with Crippen LogP contribution in [0.5, 0.6) is 0 Å². The van der Waals surface area contributed by atoms with Crippen LogP contribution >= 0.6 is 0 Å². The summed E-state index contributed by atoms with van der Waals surface area (Å²) in [5.41, 5.74) is 8.28. The fourth-order valence-electron chi connectivity index (χ4n) is 3.57. The molecule has 0 atom stereocenters. The van der Waals surface area contributed by atoms with E-state index in [0.29, 0.717) is 0 Å². The number of aromatic amines is 1. The zero-order chi connectivity index (χ0) is 17.4. The predicted molar refractivity (Wildman–Crippen MR) is 95.8 cm³/mol. The van der Waals surface area contributed by atoms with Crippen molar-refractivity contribution in [1.29, 1.82) is 0 Å². The van der Waals surface area contributed by atoms with E-state index in [0.717, 1.165) is 42.7 Å². The molecule has 7 heteroatoms. The molecule has 3 aromatic rings. The number of anilines is 1. The molecule has 0 aliphatic carbocycles. The lowest BCUT2D eigenvalue weighted by atomic mass is 10.0. The maximum Gasteiger partial charge on any atom is 0.326 e. The Labute approximate surface area is 144 Å². The molecular weight excluding hydrogens is 318 g/mol. The van der Waals surface area contributed by atoms with Gasteiger partial charge in [-0.25, -0.2) is 4.79 Å². The summed E-state index contributed by atoms with van der Waals surface area (Å²) >= 11 is 0. The Morgan fingerprint density at radius 3 is 2.72 bits per heavy atom. The summed E-state index contributed by atoms with van der Waals surface area (Å²) in [5.74, 6) is -0.526. The van der Waals surface area contributed by atoms with Crippen LogP contribution in [0.1, 0.15) is 29.4 Å². The van der Waals surface area contributed by atoms with Crippen molar-refractivity contribution >= 4 is 22.6 Å². The number of carbonyl (C=O) groups excluding carboxylic acids is 1. The van der Waals surface area contributed by atoms with Crippen molar-refractivity contribution in [1.82, 2.24) is 14.5 Å². The van der Waals surface area contributed by atoms with Crippen molar-refractivity contribution in [3.05, 3.63) is 58.8 Å². The molecule has 7 nitrogen and oxygen atoms in total. The molecule has 0 radical (unpaired) electrons. The van der Waals surface area contributed by atoms with Gasteiger partial charge in [-0.1, -0.05) is 12.1 Å². The third-order valence-corrected chi connectivity index (χ3v) is 4.81. The molecule has 4 rings (SSSR count). The van der Waals surface area contributed by atoms with Gasteiger partial charge in [-0.2, -0.15) is 0 Å². The number of rotatable bonds is 3. The number of piperidine rings is 1. The number of amides is 1. The third-order valence-electron chi connectivity index (χ3n) is 4.81. The Balaban J connectivity index is 1.55. The maximum atomic E-state index is 12.3. The topological polar surface area (TPSA) is 97.0 Å². The van der Waals surface area contributed by atoms with Gasteiger partial charge in [0.15, 0.2) is 0 Å². The van der Waals surface area contributed by atoms with Gasteiger partial charge < -0.3 is 15.6 Å². The predicted octanol–water partition coefficient (Wildman–Crippen LogP) is 1.66. The second kappa shape index (κ2) is 6.08. The van der Waals surface area contributed by atoms with E-state index in [1.807, 2.05) is 34.9 Å². The van der Waals surface area contributed by atoms with Crippen LogP contribution in [-0.4, -0.2) is 33.5 Å². The molecule has 2 aromatic heterocycles. The Kier molecular flexibility index (Phi) is 3.76. The average Bonchev–Trinajstić information content (AvgIpc) is 2.97. The molecule has 0 saturated carbocycles. The number of aromatic nitrogens is 3. The zero-order valence-electron chi connectivity index (χ0n) is 13.7. The molecule has 128 valence electrons. The van der Waals surface area contributed by atoms with Crippen molar-refractivity contribution in [2.45, 2.75) is 18.9 Å². The molecule has 0 spiro atoms. The second-order valence-corrected chi connectivity index (χ2v) is 6.30. The lowest BCUT2D eigenvalue weighted by Crippen LogP contribution is -2.37. The van der Waals surface area contributed by atoms with Crippen LogP contribution in [0.15, 0.2) is 47.4 Å². The molecule has 0 bridgehead atoms. The van der Waals surface area contributed by atoms with E-state index in [1.54, 1.807) is 12.3 Å². The Hall–Kier alpha value is -3.09. The molecule has 3 N–H and O–H groups in total. The molecule has 0 unspecified atom stereocenters. The first kappa shape index (κ1) is 15.4. The molecule has 1 saturated heterocycles. The number of imidazole rings is 1. The first-order chi connectivity index (χ1) is 12.1. The number of H-pyrrole nitrogens is 1. The number of hydrogen-bond acceptors (Lipinski definition) is 4. The highest BCUT2D eigenvalue weighted by atomic mass is 16.1. The number of pyridine rings is 1. The van der Waals surface area contributed by atoms with E-state index >= 15 is 0 Å². The van der Waals surface area contributed by atoms with Gasteiger partial charge in [-0.15, -0.1) is 0 Å². The Morgan fingerprint density at radius 2 is 1.96 bits per heavy atom. The highest BCUT2D eigenvalue weighted by Crippen LogP contribution is 2.27. The molecule has 1 aromatic carbocycles. The van der Waals surface area contributed by atoms with Crippen molar-refractivity contribution in [2.75, 3.05) is 18.0 Å². The lowest BCUT2D eigenvalue weighted by Gasteiger charge is -2.34. The SMILES string of the molecule is NC(=O)c1cc(N2CCC(n3c(=O)[nH]c4ccccc43)CC2)ccn1. The minimum Gasteiger partial charge on any atom is -0.371 e. The number of fused-ring (bicyclic) bond motifs is 1. The standard InChI is InChI=1S/C18H19N5O2/c19-17(24)15-11-13(5-8-20-15)22-9-6-12(7-10-22)23-16-4-2-1-3-14(16)21-18(23)25/h1-5,8,11-12H,6-7,9-10H2,(H2,19,24)(H,21,25). The summed E-state index contributed by atoms with van der Waals surface area (Å²) in [6, 6.07) is 11.5. The summed E-state index contributed by atoms with van der Waals surface area (Å²) in [4.78, 5) is 32.8. The van der Waals surface area contributed by atoms with E-state index in [9.17, 15) is 9.59 Å². The summed E-state index contributed by atoms with van der Waals surface area (Å²) in [5, 5.41) is 0. The van der Waals surface area contributed by atoms with Crippen LogP contribution in [0.2, 0.25) is 0 Å². The number of nitrogens with one attached hydrogen (secondary N) is 1. The highest BCUT2D eigenvalue weighted by molar-refractivity contribution is 5.91. The Morgan fingerprint density at radius 1 is 1.20 bits per heavy atom. The van der Waals surface area contributed by atoms with Crippen molar-refractivity contribution in [3.8, 4) is 0 Å². The normalized spacial score (nSPS) is 15.6. The van der Waals surface area contributed by atoms with Gasteiger partial charge in [-0.05, 0) is 37.1 Å². The van der Waals surface area contributed by atoms with E-state index in [4.69, 9.17) is 5.73 Å². The Bertz CT molecular complexity index is 982. The molecule has 3 heterocycles. The molecule has 1 fully saturated rings. The second-order valence-electron chi connectivity index (χ2n) is 6.30. The van der Waals surface area contributed by atoms with Crippen LogP contribution in [-0.2, 0) is 0 Å². The van der Waals surface area contributed by atoms with E-state index < -0.39 is 5.91 Å². The van der Waals surface area contributed by atoms with Crippen LogP contribution < -0.4 is 16.3 Å². The van der Waals surface area contributed by atoms with Gasteiger partial charge in [0.2, 0.25) is 0 Å². The number of benzene rings is 1. The number of primary amides is 1. The van der Waals surface area contributed by atoms with Crippen LogP contribution in [0.25, 0.3) is 11.0 Å². The zero-order valence-corrected chi connectivity index (χ0v) is 13.7. The van der Waals surface area contributed by atoms with Crippen LogP contribution in [0.3, 0.4) is 0 Å². The van der Waals surface area contributed by atoms with Gasteiger partial charge in [0.05, 0.1) is 11.0 Å². The third kappa shape index (κ3) is 2.77. The van der Waals surface area contributed by atoms with Gasteiger partial charge in [0.25, 0.3) is 5.91 Å². The summed E-state index contributed by atoms with van der Waals surface area (Å²) in [6.45, 7) is 1.61. The maximum absolute atomic E-state index is 12.3. The van der Waals surface area contributed by atoms with Crippen molar-refractivity contribution < 1.29 is 4.79 Å². The summed E-state index contributed by atoms with van der Waals surface area (Å²) in [7, 11) is 0. The molecule has 1 aliphatic heterocycles. The number of hydrogen-bond donors (Lipinski definition) is 2. The smallest absolute Gasteiger partial charge is 0.326 e. The molecular formula is C18H19N5O2. The van der Waals surface area contributed by atoms with E-state index in [1.165, 1.54) is 0 Å². The lowest BCUT2D eigenvalue weighted by molar-refractivity contribution is 0.0995. The van der Waals surface area contributed by atoms with Gasteiger partial charge in [0.1, 0.15) is 5.69 Å². The number of nitrogens with two attached hydrogens (primary N) is 1. The molecule has 1 aliphatic rings. The monoisotopic (exact) mass is 337 g/mol. The van der Waals surface area contributed by atoms with Crippen molar-refractivity contribution in [2.24, 2.45) is 5.73 Å². The number of carbonyl (C=O) groups is 1. The molecule has 25 heavy (non-hydrogen) atoms. The van der Waals surface area contributed by atoms with E-state index in [2.05, 4.69) is 14.9 Å². The van der Waals surface area contributed by atoms with Gasteiger partial charge in [-0.3, -0.25) is 14.3 Å². The fraction of sp³-hybridized carbons (Fsp3) is 0.278. The quantitative estimate of drug-likeness (QED) is 0.759. The fourth-order valence-corrected chi connectivity index (χ4v) is 3.57. The highest BCUT2D eigenvalue weighted by Gasteiger charge is 2.24. The van der Waals surface area contributed by atoms with Crippen molar-refractivity contribution in [3.63, 3.8) is 0 Å². The first-order valence-electron chi connectivity index (χ1n) is 8.33. The van der Waals surface area contributed by atoms with Crippen LogP contribution in [0, 0.1) is 0 Å². The minimum absolute atomic E-state index is 0.0559. The molecule has 1 amide bonds. The summed E-state index contributed by atoms with van der Waals surface area (Å²) in [6.07, 6.45) is 3.32. The largest absolute Gasteiger partial charge is 0.371 e. The number of nitrogens with zero attached hydrogens (tertiary/aromatic N) is 3. The number of para-hydroxylation sites is 2. The van der Waals surface area contributed by atoms with Gasteiger partial charge in [0, 0.05) is 31.0 Å². The minimum atomic E-state index is -0.526. The summed E-state index contributed by atoms with van der Waals surface area (Å²) < 4.78 is 1.87. The average molecular weight is 337 g/mol. The van der Waals surface area contributed by atoms with Crippen LogP contribution in [0.4, 0.5) is 5.69 Å². The first-order valence-corrected chi connectivity index (χ1v) is 8.33. The van der Waals surface area contributed by atoms with Gasteiger partial charge >= 0.3 is 5.69 Å².